The SMILES string of the molecule is CC(C)CCc1nnc(CCCNC2CC2)o1. The van der Waals surface area contributed by atoms with Crippen molar-refractivity contribution in [3.8, 4) is 0 Å². The predicted octanol–water partition coefficient (Wildman–Crippen LogP) is 2.34. The van der Waals surface area contributed by atoms with E-state index in [4.69, 9.17) is 4.42 Å². The molecule has 1 aromatic rings. The second kappa shape index (κ2) is 6.15. The van der Waals surface area contributed by atoms with Gasteiger partial charge in [0.1, 0.15) is 0 Å². The van der Waals surface area contributed by atoms with Gasteiger partial charge in [0.15, 0.2) is 0 Å². The lowest BCUT2D eigenvalue weighted by molar-refractivity contribution is 0.424. The summed E-state index contributed by atoms with van der Waals surface area (Å²) in [4.78, 5) is 0. The molecule has 1 aliphatic carbocycles. The topological polar surface area (TPSA) is 51.0 Å². The van der Waals surface area contributed by atoms with Gasteiger partial charge in [0.25, 0.3) is 0 Å². The van der Waals surface area contributed by atoms with E-state index in [1.165, 1.54) is 12.8 Å². The van der Waals surface area contributed by atoms with Gasteiger partial charge in [0.05, 0.1) is 0 Å². The van der Waals surface area contributed by atoms with E-state index in [9.17, 15) is 0 Å². The molecule has 4 heteroatoms. The van der Waals surface area contributed by atoms with Crippen LogP contribution in [-0.4, -0.2) is 22.8 Å². The fraction of sp³-hybridized carbons (Fsp3) is 0.846. The lowest BCUT2D eigenvalue weighted by Crippen LogP contribution is -2.17. The number of nitrogens with zero attached hydrogens (tertiary/aromatic N) is 2. The molecule has 0 atom stereocenters. The lowest BCUT2D eigenvalue weighted by Gasteiger charge is -2.00. The van der Waals surface area contributed by atoms with Gasteiger partial charge in [0, 0.05) is 18.9 Å². The van der Waals surface area contributed by atoms with Crippen LogP contribution in [0.15, 0.2) is 4.42 Å². The van der Waals surface area contributed by atoms with Crippen molar-refractivity contribution in [1.82, 2.24) is 15.5 Å². The molecule has 1 heterocycles. The molecule has 0 unspecified atom stereocenters. The van der Waals surface area contributed by atoms with Crippen molar-refractivity contribution in [1.29, 1.82) is 0 Å². The standard InChI is InChI=1S/C13H23N3O/c1-10(2)5-8-13-16-15-12(17-13)4-3-9-14-11-6-7-11/h10-11,14H,3-9H2,1-2H3. The highest BCUT2D eigenvalue weighted by atomic mass is 16.4. The normalized spacial score (nSPS) is 15.7. The Hall–Kier alpha value is -0.900. The average molecular weight is 237 g/mol. The minimum atomic E-state index is 0.688. The van der Waals surface area contributed by atoms with Gasteiger partial charge < -0.3 is 9.73 Å². The van der Waals surface area contributed by atoms with Crippen LogP contribution in [0.3, 0.4) is 0 Å². The number of aryl methyl sites for hydroxylation is 2. The van der Waals surface area contributed by atoms with Gasteiger partial charge in [-0.25, -0.2) is 0 Å². The summed E-state index contributed by atoms with van der Waals surface area (Å²) in [5.74, 6) is 2.28. The number of rotatable bonds is 8. The monoisotopic (exact) mass is 237 g/mol. The summed E-state index contributed by atoms with van der Waals surface area (Å²) in [5, 5.41) is 11.6. The average Bonchev–Trinajstić information content (AvgIpc) is 3.01. The number of aromatic nitrogens is 2. The molecule has 0 spiro atoms. The van der Waals surface area contributed by atoms with Crippen LogP contribution in [0.1, 0.15) is 51.3 Å². The maximum absolute atomic E-state index is 5.61. The van der Waals surface area contributed by atoms with Crippen LogP contribution in [0.2, 0.25) is 0 Å². The minimum Gasteiger partial charge on any atom is -0.425 e. The number of hydrogen-bond donors (Lipinski definition) is 1. The summed E-state index contributed by atoms with van der Waals surface area (Å²) in [7, 11) is 0. The van der Waals surface area contributed by atoms with Gasteiger partial charge in [-0.1, -0.05) is 13.8 Å². The molecule has 96 valence electrons. The Labute approximate surface area is 103 Å². The van der Waals surface area contributed by atoms with Gasteiger partial charge in [-0.3, -0.25) is 0 Å². The van der Waals surface area contributed by atoms with Gasteiger partial charge in [-0.05, 0) is 38.1 Å². The molecule has 4 nitrogen and oxygen atoms in total. The Morgan fingerprint density at radius 1 is 1.24 bits per heavy atom. The predicted molar refractivity (Wildman–Crippen MR) is 66.8 cm³/mol. The number of nitrogens with one attached hydrogen (secondary N) is 1. The van der Waals surface area contributed by atoms with Gasteiger partial charge in [0.2, 0.25) is 11.8 Å². The maximum atomic E-state index is 5.61. The zero-order chi connectivity index (χ0) is 12.1. The molecule has 17 heavy (non-hydrogen) atoms. The third-order valence-electron chi connectivity index (χ3n) is 3.02. The molecular weight excluding hydrogens is 214 g/mol. The van der Waals surface area contributed by atoms with E-state index >= 15 is 0 Å². The Bertz CT molecular complexity index is 331. The van der Waals surface area contributed by atoms with Crippen LogP contribution in [0.5, 0.6) is 0 Å². The quantitative estimate of drug-likeness (QED) is 0.705. The number of hydrogen-bond acceptors (Lipinski definition) is 4. The van der Waals surface area contributed by atoms with Crippen molar-refractivity contribution >= 4 is 0 Å². The van der Waals surface area contributed by atoms with Crippen molar-refractivity contribution in [2.24, 2.45) is 5.92 Å². The van der Waals surface area contributed by atoms with Gasteiger partial charge in [-0.2, -0.15) is 0 Å². The van der Waals surface area contributed by atoms with Crippen LogP contribution >= 0.6 is 0 Å². The van der Waals surface area contributed by atoms with E-state index in [-0.39, 0.29) is 0 Å². The smallest absolute Gasteiger partial charge is 0.216 e. The second-order valence-corrected chi connectivity index (χ2v) is 5.35. The molecular formula is C13H23N3O. The zero-order valence-corrected chi connectivity index (χ0v) is 10.9. The maximum Gasteiger partial charge on any atom is 0.216 e. The summed E-state index contributed by atoms with van der Waals surface area (Å²) < 4.78 is 5.61. The molecule has 1 fully saturated rings. The minimum absolute atomic E-state index is 0.688. The highest BCUT2D eigenvalue weighted by Crippen LogP contribution is 2.18. The highest BCUT2D eigenvalue weighted by molar-refractivity contribution is 4.84. The zero-order valence-electron chi connectivity index (χ0n) is 10.9. The molecule has 1 aliphatic rings. The molecule has 1 saturated carbocycles. The van der Waals surface area contributed by atoms with Crippen LogP contribution in [0.4, 0.5) is 0 Å². The lowest BCUT2D eigenvalue weighted by atomic mass is 10.1. The molecule has 0 amide bonds. The van der Waals surface area contributed by atoms with Crippen LogP contribution in [0.25, 0.3) is 0 Å². The summed E-state index contributed by atoms with van der Waals surface area (Å²) in [5.41, 5.74) is 0. The van der Waals surface area contributed by atoms with E-state index < -0.39 is 0 Å². The van der Waals surface area contributed by atoms with E-state index in [1.807, 2.05) is 0 Å². The molecule has 0 radical (unpaired) electrons. The van der Waals surface area contributed by atoms with E-state index in [0.717, 1.165) is 50.1 Å². The van der Waals surface area contributed by atoms with E-state index in [2.05, 4.69) is 29.4 Å². The largest absolute Gasteiger partial charge is 0.425 e. The van der Waals surface area contributed by atoms with E-state index in [0.29, 0.717) is 5.92 Å². The summed E-state index contributed by atoms with van der Waals surface area (Å²) >= 11 is 0. The third kappa shape index (κ3) is 4.86. The van der Waals surface area contributed by atoms with Crippen LogP contribution < -0.4 is 5.32 Å². The van der Waals surface area contributed by atoms with Crippen molar-refractivity contribution in [3.63, 3.8) is 0 Å². The molecule has 1 N–H and O–H groups in total. The van der Waals surface area contributed by atoms with Crippen molar-refractivity contribution in [2.75, 3.05) is 6.54 Å². The van der Waals surface area contributed by atoms with Gasteiger partial charge in [-0.15, -0.1) is 10.2 Å². The molecule has 0 bridgehead atoms. The fourth-order valence-electron chi connectivity index (χ4n) is 1.74. The molecule has 2 rings (SSSR count). The first-order valence-electron chi connectivity index (χ1n) is 6.78. The first-order chi connectivity index (χ1) is 8.24. The third-order valence-corrected chi connectivity index (χ3v) is 3.02. The fourth-order valence-corrected chi connectivity index (χ4v) is 1.74. The molecule has 1 aromatic heterocycles. The van der Waals surface area contributed by atoms with Crippen LogP contribution in [-0.2, 0) is 12.8 Å². The van der Waals surface area contributed by atoms with Crippen molar-refractivity contribution in [3.05, 3.63) is 11.8 Å². The summed E-state index contributed by atoms with van der Waals surface area (Å²) in [6, 6.07) is 0.791. The van der Waals surface area contributed by atoms with Gasteiger partial charge >= 0.3 is 0 Å². The summed E-state index contributed by atoms with van der Waals surface area (Å²) in [6.07, 6.45) is 6.70. The Morgan fingerprint density at radius 3 is 2.59 bits per heavy atom. The Kier molecular flexibility index (Phi) is 4.54. The molecule has 0 saturated heterocycles. The van der Waals surface area contributed by atoms with Crippen molar-refractivity contribution < 1.29 is 4.42 Å². The second-order valence-electron chi connectivity index (χ2n) is 5.35. The first-order valence-corrected chi connectivity index (χ1v) is 6.78. The van der Waals surface area contributed by atoms with E-state index in [1.54, 1.807) is 0 Å². The van der Waals surface area contributed by atoms with Crippen LogP contribution in [0, 0.1) is 5.92 Å². The summed E-state index contributed by atoms with van der Waals surface area (Å²) in [6.45, 7) is 5.48. The first kappa shape index (κ1) is 12.6. The van der Waals surface area contributed by atoms with Crippen molar-refractivity contribution in [2.45, 2.75) is 58.4 Å². The molecule has 0 aromatic carbocycles. The highest BCUT2D eigenvalue weighted by Gasteiger charge is 2.19. The molecule has 0 aliphatic heterocycles. The Morgan fingerprint density at radius 2 is 1.94 bits per heavy atom. The Balaban J connectivity index is 1.62.